The summed E-state index contributed by atoms with van der Waals surface area (Å²) in [5, 5.41) is 25.2. The molecule has 0 bridgehead atoms. The van der Waals surface area contributed by atoms with Crippen molar-refractivity contribution in [1.82, 2.24) is 14.7 Å². The van der Waals surface area contributed by atoms with Crippen LogP contribution >= 0.6 is 11.8 Å². The van der Waals surface area contributed by atoms with Crippen LogP contribution in [0.5, 0.6) is 0 Å². The number of β-amino-alcohol motifs (C(OH)–C–C–N with tert-alkyl or cyclic N) is 1. The molecule has 3 aromatic rings. The first-order chi connectivity index (χ1) is 17.1. The Bertz CT molecular complexity index is 1480. The number of thioether (sulfide) groups is 1. The molecular formula is C28H27FN4O2S. The van der Waals surface area contributed by atoms with E-state index in [2.05, 4.69) is 16.1 Å². The molecule has 36 heavy (non-hydrogen) atoms. The molecule has 1 saturated heterocycles. The zero-order valence-electron chi connectivity index (χ0n) is 20.5. The number of likely N-dealkylation sites (tertiary alicyclic amines) is 1. The van der Waals surface area contributed by atoms with Crippen LogP contribution in [0.3, 0.4) is 0 Å². The van der Waals surface area contributed by atoms with Gasteiger partial charge >= 0.3 is 0 Å². The van der Waals surface area contributed by atoms with E-state index in [4.69, 9.17) is 0 Å². The van der Waals surface area contributed by atoms with Crippen molar-refractivity contribution in [2.45, 2.75) is 45.3 Å². The topological polar surface area (TPSA) is 82.2 Å². The second-order valence-electron chi connectivity index (χ2n) is 9.94. The van der Waals surface area contributed by atoms with Gasteiger partial charge in [-0.3, -0.25) is 9.48 Å². The zero-order chi connectivity index (χ0) is 25.6. The molecule has 1 N–H and O–H groups in total. The molecule has 6 nitrogen and oxygen atoms in total. The van der Waals surface area contributed by atoms with Crippen LogP contribution in [0.15, 0.2) is 58.8 Å². The third-order valence-corrected chi connectivity index (χ3v) is 7.83. The number of hydrogen-bond acceptors (Lipinski definition) is 6. The van der Waals surface area contributed by atoms with Gasteiger partial charge in [-0.2, -0.15) is 10.4 Å². The summed E-state index contributed by atoms with van der Waals surface area (Å²) in [7, 11) is 0. The molecular weight excluding hydrogens is 475 g/mol. The second kappa shape index (κ2) is 9.23. The van der Waals surface area contributed by atoms with Crippen molar-refractivity contribution in [2.24, 2.45) is 0 Å². The van der Waals surface area contributed by atoms with Crippen molar-refractivity contribution in [2.75, 3.05) is 13.1 Å². The minimum atomic E-state index is -0.825. The molecule has 0 spiro atoms. The van der Waals surface area contributed by atoms with Crippen LogP contribution in [-0.2, 0) is 16.8 Å². The zero-order valence-corrected chi connectivity index (χ0v) is 21.3. The Labute approximate surface area is 213 Å². The van der Waals surface area contributed by atoms with Crippen LogP contribution in [-0.4, -0.2) is 44.1 Å². The van der Waals surface area contributed by atoms with Gasteiger partial charge in [-0.25, -0.2) is 4.39 Å². The fourth-order valence-electron chi connectivity index (χ4n) is 4.86. The summed E-state index contributed by atoms with van der Waals surface area (Å²) in [6.07, 6.45) is 4.30. The van der Waals surface area contributed by atoms with Gasteiger partial charge in [0.15, 0.2) is 0 Å². The molecule has 8 heteroatoms. The lowest BCUT2D eigenvalue weighted by Crippen LogP contribution is -2.22. The first-order valence-electron chi connectivity index (χ1n) is 11.9. The number of fused-ring (bicyclic) bond motifs is 1. The standard InChI is InChI=1S/C28H27FN4O2S/c1-17-26(32-9-8-22(34)15-32)25(36-27(17)35)11-18-4-7-24-20(10-18)14-33(31-24)13-19-5-6-21(29)12-23(19)28(2,3)16-30/h4-7,10-12,14,22,34H,8-9,13,15H2,1-3H3/b25-11-. The summed E-state index contributed by atoms with van der Waals surface area (Å²) in [5.41, 5.74) is 4.10. The number of benzene rings is 2. The van der Waals surface area contributed by atoms with E-state index in [1.54, 1.807) is 24.6 Å². The molecule has 184 valence electrons. The quantitative estimate of drug-likeness (QED) is 0.530. The van der Waals surface area contributed by atoms with E-state index < -0.39 is 5.41 Å². The van der Waals surface area contributed by atoms with Crippen molar-refractivity contribution >= 4 is 33.9 Å². The molecule has 2 aliphatic rings. The summed E-state index contributed by atoms with van der Waals surface area (Å²) in [5.74, 6) is -0.365. The highest BCUT2D eigenvalue weighted by molar-refractivity contribution is 8.18. The summed E-state index contributed by atoms with van der Waals surface area (Å²) < 4.78 is 15.8. The highest BCUT2D eigenvalue weighted by atomic mass is 32.2. The highest BCUT2D eigenvalue weighted by Crippen LogP contribution is 2.41. The minimum absolute atomic E-state index is 0.0435. The summed E-state index contributed by atoms with van der Waals surface area (Å²) in [6.45, 7) is 7.10. The number of aliphatic hydroxyl groups excluding tert-OH is 1. The minimum Gasteiger partial charge on any atom is -0.391 e. The van der Waals surface area contributed by atoms with Gasteiger partial charge < -0.3 is 10.0 Å². The Hall–Kier alpha value is -3.41. The average molecular weight is 503 g/mol. The van der Waals surface area contributed by atoms with Gasteiger partial charge in [0.25, 0.3) is 0 Å². The predicted molar refractivity (Wildman–Crippen MR) is 139 cm³/mol. The monoisotopic (exact) mass is 502 g/mol. The van der Waals surface area contributed by atoms with Crippen LogP contribution < -0.4 is 0 Å². The Morgan fingerprint density at radius 3 is 2.83 bits per heavy atom. The van der Waals surface area contributed by atoms with E-state index in [9.17, 15) is 19.6 Å². The van der Waals surface area contributed by atoms with Gasteiger partial charge in [0.1, 0.15) is 5.82 Å². The smallest absolute Gasteiger partial charge is 0.221 e. The average Bonchev–Trinajstić information content (AvgIpc) is 3.51. The normalized spacial score (nSPS) is 19.7. The van der Waals surface area contributed by atoms with Crippen LogP contribution in [0.1, 0.15) is 43.9 Å². The predicted octanol–water partition coefficient (Wildman–Crippen LogP) is 4.98. The van der Waals surface area contributed by atoms with Gasteiger partial charge in [-0.1, -0.05) is 12.1 Å². The van der Waals surface area contributed by atoms with Crippen molar-refractivity contribution in [1.29, 1.82) is 5.26 Å². The Kier molecular flexibility index (Phi) is 6.23. The molecule has 0 aliphatic carbocycles. The maximum absolute atomic E-state index is 13.9. The fourth-order valence-corrected chi connectivity index (χ4v) is 5.89. The van der Waals surface area contributed by atoms with E-state index >= 15 is 0 Å². The first kappa shape index (κ1) is 24.3. The second-order valence-corrected chi connectivity index (χ2v) is 11.0. The van der Waals surface area contributed by atoms with E-state index in [-0.39, 0.29) is 17.0 Å². The fraction of sp³-hybridized carbons (Fsp3) is 0.321. The number of halogens is 1. The lowest BCUT2D eigenvalue weighted by Gasteiger charge is -2.21. The molecule has 1 fully saturated rings. The van der Waals surface area contributed by atoms with Crippen LogP contribution in [0.2, 0.25) is 0 Å². The number of aliphatic hydroxyl groups is 1. The SMILES string of the molecule is CC1=C(N2CCC(O)C2)/C(=C/c2ccc3nn(Cc4ccc(F)cc4C(C)(C)C#N)cc3c2)SC1=O. The number of rotatable bonds is 5. The van der Waals surface area contributed by atoms with Crippen LogP contribution in [0, 0.1) is 17.1 Å². The molecule has 2 aliphatic heterocycles. The lowest BCUT2D eigenvalue weighted by molar-refractivity contribution is -0.107. The maximum Gasteiger partial charge on any atom is 0.221 e. The van der Waals surface area contributed by atoms with E-state index in [0.717, 1.165) is 44.7 Å². The number of nitriles is 1. The van der Waals surface area contributed by atoms with Gasteiger partial charge in [-0.05, 0) is 86.0 Å². The van der Waals surface area contributed by atoms with Crippen molar-refractivity contribution in [3.05, 3.63) is 81.3 Å². The van der Waals surface area contributed by atoms with Crippen molar-refractivity contribution in [3.63, 3.8) is 0 Å². The molecule has 1 atom stereocenters. The number of carbonyl (C=O) groups is 1. The molecule has 0 radical (unpaired) electrons. The Balaban J connectivity index is 1.45. The maximum atomic E-state index is 13.9. The van der Waals surface area contributed by atoms with Crippen LogP contribution in [0.4, 0.5) is 4.39 Å². The number of aromatic nitrogens is 2. The molecule has 0 amide bonds. The van der Waals surface area contributed by atoms with Crippen LogP contribution in [0.25, 0.3) is 17.0 Å². The third kappa shape index (κ3) is 4.57. The van der Waals surface area contributed by atoms with Gasteiger partial charge in [-0.15, -0.1) is 0 Å². The molecule has 1 aromatic heterocycles. The number of hydrogen-bond donors (Lipinski definition) is 1. The summed E-state index contributed by atoms with van der Waals surface area (Å²) >= 11 is 1.23. The largest absolute Gasteiger partial charge is 0.391 e. The van der Waals surface area contributed by atoms with Gasteiger partial charge in [0, 0.05) is 35.2 Å². The third-order valence-electron chi connectivity index (χ3n) is 6.81. The van der Waals surface area contributed by atoms with Crippen molar-refractivity contribution < 1.29 is 14.3 Å². The van der Waals surface area contributed by atoms with Crippen molar-refractivity contribution in [3.8, 4) is 6.07 Å². The first-order valence-corrected chi connectivity index (χ1v) is 12.7. The molecule has 5 rings (SSSR count). The molecule has 1 unspecified atom stereocenters. The summed E-state index contributed by atoms with van der Waals surface area (Å²) in [4.78, 5) is 15.5. The highest BCUT2D eigenvalue weighted by Gasteiger charge is 2.33. The molecule has 3 heterocycles. The molecule has 2 aromatic carbocycles. The van der Waals surface area contributed by atoms with Gasteiger partial charge in [0.2, 0.25) is 5.12 Å². The van der Waals surface area contributed by atoms with E-state index in [0.29, 0.717) is 25.1 Å². The number of nitrogens with zero attached hydrogens (tertiary/aromatic N) is 4. The molecule has 0 saturated carbocycles. The lowest BCUT2D eigenvalue weighted by atomic mass is 9.83. The Morgan fingerprint density at radius 1 is 1.31 bits per heavy atom. The Morgan fingerprint density at radius 2 is 2.11 bits per heavy atom. The van der Waals surface area contributed by atoms with E-state index in [1.165, 1.54) is 23.9 Å². The summed E-state index contributed by atoms with van der Waals surface area (Å²) in [6, 6.07) is 12.8. The van der Waals surface area contributed by atoms with Gasteiger partial charge in [0.05, 0.1) is 35.3 Å². The number of carbonyl (C=O) groups excluding carboxylic acids is 1. The van der Waals surface area contributed by atoms with E-state index in [1.807, 2.05) is 37.4 Å².